The van der Waals surface area contributed by atoms with E-state index in [1.54, 1.807) is 24.5 Å². The fourth-order valence-corrected chi connectivity index (χ4v) is 4.45. The van der Waals surface area contributed by atoms with Gasteiger partial charge in [-0.3, -0.25) is 14.7 Å². The van der Waals surface area contributed by atoms with Crippen molar-refractivity contribution in [1.82, 2.24) is 24.8 Å². The lowest BCUT2D eigenvalue weighted by Crippen LogP contribution is -2.48. The molecule has 1 saturated heterocycles. The van der Waals surface area contributed by atoms with Crippen LogP contribution in [0.2, 0.25) is 0 Å². The zero-order valence-electron chi connectivity index (χ0n) is 28.7. The molecule has 0 aliphatic carbocycles. The number of benzene rings is 2. The van der Waals surface area contributed by atoms with Gasteiger partial charge in [0.1, 0.15) is 0 Å². The Morgan fingerprint density at radius 3 is 2.58 bits per heavy atom. The molecule has 2 aromatic carbocycles. The van der Waals surface area contributed by atoms with E-state index in [0.29, 0.717) is 5.69 Å². The second kappa shape index (κ2) is 14.4. The highest BCUT2D eigenvalue weighted by Gasteiger charge is 2.23. The lowest BCUT2D eigenvalue weighted by molar-refractivity contribution is 0.0119. The number of carbonyl (C=O) groups excluding carboxylic acids is 2. The third-order valence-electron chi connectivity index (χ3n) is 6.51. The van der Waals surface area contributed by atoms with Crippen LogP contribution in [-0.2, 0) is 20.3 Å². The van der Waals surface area contributed by atoms with Gasteiger partial charge in [0.05, 0.1) is 5.69 Å². The molecule has 1 fully saturated rings. The molecule has 1 aliphatic rings. The molecule has 1 aliphatic heterocycles. The summed E-state index contributed by atoms with van der Waals surface area (Å²) in [6.45, 7) is -4.93. The fourth-order valence-electron chi connectivity index (χ4n) is 4.26. The third kappa shape index (κ3) is 9.14. The van der Waals surface area contributed by atoms with Gasteiger partial charge in [0.15, 0.2) is 0 Å². The molecule has 0 unspecified atom stereocenters. The van der Waals surface area contributed by atoms with Gasteiger partial charge in [-0.1, -0.05) is 18.2 Å². The van der Waals surface area contributed by atoms with Gasteiger partial charge in [-0.2, -0.15) is 0 Å². The number of nitrogens with zero attached hydrogens (tertiary/aromatic N) is 5. The summed E-state index contributed by atoms with van der Waals surface area (Å²) in [4.78, 5) is 58.3. The van der Waals surface area contributed by atoms with Crippen LogP contribution in [0.5, 0.6) is 0 Å². The number of rotatable bonds is 10. The Morgan fingerprint density at radius 2 is 1.87 bits per heavy atom. The molecular formula is C30H32N7O7P. The van der Waals surface area contributed by atoms with Crippen LogP contribution in [0.1, 0.15) is 28.3 Å². The van der Waals surface area contributed by atoms with Crippen molar-refractivity contribution < 1.29 is 40.1 Å². The smallest absolute Gasteiger partial charge is 0.422 e. The highest BCUT2D eigenvalue weighted by molar-refractivity contribution is 7.46. The average molecular weight is 639 g/mol. The standard InChI is InChI=1S/C30H32N7O7P/c1-21-4-9-25(17-27(21)35-29-32-12-10-26(34-29)24-3-2-11-31-18-24)33-28(38)23-7-5-22(6-8-23)19-36-13-15-37(16-14-36)30(39)43-20-44-45(40,41)42/h2-12,17-18H,13-16,19-20H2,1H3,(H,33,38)(H,32,34,35)(H2,40,41,42)/i1D3,19D2. The average Bonchev–Trinajstić information content (AvgIpc) is 3.08. The number of aromatic nitrogens is 3. The molecule has 3 heterocycles. The summed E-state index contributed by atoms with van der Waals surface area (Å²) in [7, 11) is -4.79. The molecule has 0 radical (unpaired) electrons. The summed E-state index contributed by atoms with van der Waals surface area (Å²) in [5.41, 5.74) is 2.24. The summed E-state index contributed by atoms with van der Waals surface area (Å²) in [6.07, 6.45) is 3.94. The second-order valence-corrected chi connectivity index (χ2v) is 10.9. The van der Waals surface area contributed by atoms with Crippen molar-refractivity contribution in [1.29, 1.82) is 0 Å². The highest BCUT2D eigenvalue weighted by Crippen LogP contribution is 2.35. The van der Waals surface area contributed by atoms with Crippen LogP contribution in [0, 0.1) is 6.85 Å². The van der Waals surface area contributed by atoms with E-state index >= 15 is 0 Å². The number of carbonyl (C=O) groups is 2. The molecule has 0 spiro atoms. The number of anilines is 3. The largest absolute Gasteiger partial charge is 0.472 e. The van der Waals surface area contributed by atoms with Crippen LogP contribution in [-0.4, -0.2) is 79.5 Å². The molecule has 2 amide bonds. The molecule has 0 bridgehead atoms. The van der Waals surface area contributed by atoms with E-state index in [2.05, 4.69) is 30.1 Å². The predicted molar refractivity (Wildman–Crippen MR) is 165 cm³/mol. The number of pyridine rings is 1. The maximum absolute atomic E-state index is 13.2. The Balaban J connectivity index is 1.23. The van der Waals surface area contributed by atoms with Gasteiger partial charge in [0, 0.05) is 80.6 Å². The van der Waals surface area contributed by atoms with Gasteiger partial charge < -0.3 is 30.1 Å². The lowest BCUT2D eigenvalue weighted by Gasteiger charge is -2.34. The topological polar surface area (TPSA) is 179 Å². The molecule has 5 rings (SSSR count). The Labute approximate surface area is 266 Å². The van der Waals surface area contributed by atoms with E-state index in [0.717, 1.165) is 5.56 Å². The molecule has 4 aromatic rings. The Kier molecular flexibility index (Phi) is 8.17. The van der Waals surface area contributed by atoms with Gasteiger partial charge in [-0.25, -0.2) is 23.9 Å². The number of piperazine rings is 1. The third-order valence-corrected chi connectivity index (χ3v) is 6.95. The Morgan fingerprint density at radius 1 is 1.07 bits per heavy atom. The summed E-state index contributed by atoms with van der Waals surface area (Å²) in [5, 5.41) is 5.70. The van der Waals surface area contributed by atoms with Crippen molar-refractivity contribution in [3.05, 3.63) is 95.9 Å². The molecule has 0 atom stereocenters. The number of hydrogen-bond acceptors (Lipinski definition) is 10. The maximum Gasteiger partial charge on any atom is 0.472 e. The number of phosphoric acid groups is 1. The predicted octanol–water partition coefficient (Wildman–Crippen LogP) is 4.16. The first kappa shape index (κ1) is 25.6. The van der Waals surface area contributed by atoms with E-state index in [9.17, 15) is 14.2 Å². The monoisotopic (exact) mass is 638 g/mol. The minimum atomic E-state index is -4.79. The normalized spacial score (nSPS) is 16.0. The second-order valence-electron chi connectivity index (χ2n) is 9.66. The van der Waals surface area contributed by atoms with Gasteiger partial charge in [0.2, 0.25) is 12.7 Å². The van der Waals surface area contributed by atoms with Crippen molar-refractivity contribution >= 4 is 37.1 Å². The van der Waals surface area contributed by atoms with Crippen molar-refractivity contribution in [2.75, 3.05) is 43.6 Å². The van der Waals surface area contributed by atoms with Crippen LogP contribution in [0.4, 0.5) is 22.1 Å². The van der Waals surface area contributed by atoms with E-state index < -0.39 is 40.0 Å². The molecule has 15 heteroatoms. The quantitative estimate of drug-likeness (QED) is 0.144. The van der Waals surface area contributed by atoms with E-state index in [1.165, 1.54) is 58.5 Å². The molecule has 14 nitrogen and oxygen atoms in total. The fraction of sp³-hybridized carbons (Fsp3) is 0.233. The SMILES string of the molecule is [2H]C([2H])([2H])c1ccc(NC(=O)c2ccc(C([2H])([2H])N3CCN(C(=O)OCOP(=O)(O)O)CC3)cc2)cc1Nc1nccc(-c2cccnc2)n1. The molecule has 4 N–H and O–H groups in total. The summed E-state index contributed by atoms with van der Waals surface area (Å²) in [5.74, 6) is -0.381. The van der Waals surface area contributed by atoms with Gasteiger partial charge in [-0.15, -0.1) is 0 Å². The van der Waals surface area contributed by atoms with Gasteiger partial charge >= 0.3 is 13.9 Å². The van der Waals surface area contributed by atoms with Crippen molar-refractivity contribution in [2.45, 2.75) is 13.3 Å². The zero-order chi connectivity index (χ0) is 36.1. The van der Waals surface area contributed by atoms with Crippen molar-refractivity contribution in [3.8, 4) is 11.3 Å². The van der Waals surface area contributed by atoms with Gasteiger partial charge in [0.25, 0.3) is 5.91 Å². The first-order valence-corrected chi connectivity index (χ1v) is 15.1. The molecule has 2 aromatic heterocycles. The summed E-state index contributed by atoms with van der Waals surface area (Å²) in [6, 6.07) is 15.5. The number of amides is 2. The van der Waals surface area contributed by atoms with Crippen molar-refractivity contribution in [2.24, 2.45) is 0 Å². The Bertz CT molecular complexity index is 1870. The first-order chi connectivity index (χ1) is 23.6. The van der Waals surface area contributed by atoms with Crippen molar-refractivity contribution in [3.63, 3.8) is 0 Å². The number of aryl methyl sites for hydroxylation is 1. The lowest BCUT2D eigenvalue weighted by atomic mass is 10.1. The number of phosphoric ester groups is 1. The zero-order valence-corrected chi connectivity index (χ0v) is 24.6. The van der Waals surface area contributed by atoms with E-state index in [4.69, 9.17) is 21.4 Å². The van der Waals surface area contributed by atoms with Gasteiger partial charge in [-0.05, 0) is 60.4 Å². The maximum atomic E-state index is 13.2. The van der Waals surface area contributed by atoms with E-state index in [1.807, 2.05) is 6.07 Å². The van der Waals surface area contributed by atoms with Crippen LogP contribution >= 0.6 is 7.82 Å². The van der Waals surface area contributed by atoms with Crippen LogP contribution < -0.4 is 10.6 Å². The summed E-state index contributed by atoms with van der Waals surface area (Å²) < 4.78 is 60.9. The highest BCUT2D eigenvalue weighted by atomic mass is 31.2. The first-order valence-electron chi connectivity index (χ1n) is 16.0. The Hall–Kier alpha value is -4.72. The van der Waals surface area contributed by atoms with Crippen LogP contribution in [0.3, 0.4) is 0 Å². The minimum Gasteiger partial charge on any atom is -0.422 e. The summed E-state index contributed by atoms with van der Waals surface area (Å²) >= 11 is 0. The number of nitrogens with one attached hydrogen (secondary N) is 2. The number of ether oxygens (including phenoxy) is 1. The molecule has 0 saturated carbocycles. The van der Waals surface area contributed by atoms with Crippen LogP contribution in [0.25, 0.3) is 11.3 Å². The molecular weight excluding hydrogens is 601 g/mol. The van der Waals surface area contributed by atoms with Crippen LogP contribution in [0.15, 0.2) is 79.3 Å². The minimum absolute atomic E-state index is 0.0101. The van der Waals surface area contributed by atoms with E-state index in [-0.39, 0.29) is 60.2 Å². The molecule has 45 heavy (non-hydrogen) atoms. The molecule has 234 valence electrons. The number of hydrogen-bond donors (Lipinski definition) is 4.